The molecule has 0 unspecified atom stereocenters. The summed E-state index contributed by atoms with van der Waals surface area (Å²) in [5, 5.41) is 7.14. The zero-order valence-corrected chi connectivity index (χ0v) is 15.8. The van der Waals surface area contributed by atoms with E-state index in [1.807, 2.05) is 45.0 Å². The van der Waals surface area contributed by atoms with Crippen molar-refractivity contribution in [2.24, 2.45) is 5.10 Å². The lowest BCUT2D eigenvalue weighted by molar-refractivity contribution is -0.118. The maximum absolute atomic E-state index is 12.0. The first-order valence-electron chi connectivity index (χ1n) is 8.28. The van der Waals surface area contributed by atoms with Crippen LogP contribution in [0, 0.1) is 13.8 Å². The van der Waals surface area contributed by atoms with Gasteiger partial charge in [0, 0.05) is 11.4 Å². The first-order chi connectivity index (χ1) is 12.5. The predicted molar refractivity (Wildman–Crippen MR) is 107 cm³/mol. The topological polar surface area (TPSA) is 67.2 Å². The van der Waals surface area contributed by atoms with Crippen LogP contribution >= 0.6 is 11.8 Å². The Balaban J connectivity index is 1.61. The number of amides is 1. The minimum absolute atomic E-state index is 0.183. The number of aromatic nitrogens is 2. The molecule has 1 heterocycles. The third-order valence-electron chi connectivity index (χ3n) is 3.81. The monoisotopic (exact) mass is 364 g/mol. The molecule has 3 rings (SSSR count). The van der Waals surface area contributed by atoms with Crippen LogP contribution in [0.2, 0.25) is 0 Å². The van der Waals surface area contributed by atoms with Crippen molar-refractivity contribution in [3.8, 4) is 0 Å². The van der Waals surface area contributed by atoms with Gasteiger partial charge in [-0.1, -0.05) is 48.2 Å². The fourth-order valence-electron chi connectivity index (χ4n) is 2.55. The van der Waals surface area contributed by atoms with Crippen LogP contribution in [0.3, 0.4) is 0 Å². The van der Waals surface area contributed by atoms with Gasteiger partial charge in [-0.25, -0.2) is 15.4 Å². The molecule has 0 saturated carbocycles. The second-order valence-corrected chi connectivity index (χ2v) is 6.96. The first kappa shape index (κ1) is 18.1. The summed E-state index contributed by atoms with van der Waals surface area (Å²) in [5.41, 5.74) is 6.13. The van der Waals surface area contributed by atoms with Crippen LogP contribution < -0.4 is 5.43 Å². The van der Waals surface area contributed by atoms with E-state index in [2.05, 4.69) is 44.8 Å². The third-order valence-corrected chi connectivity index (χ3v) is 4.66. The van der Waals surface area contributed by atoms with Crippen LogP contribution in [0.4, 0.5) is 0 Å². The van der Waals surface area contributed by atoms with E-state index < -0.39 is 0 Å². The van der Waals surface area contributed by atoms with Gasteiger partial charge in [0.1, 0.15) is 0 Å². The molecule has 3 aromatic rings. The SMILES string of the molecule is CC(=NNC(=O)CSc1nc(C)cc(C)n1)c1ccc2ccccc2c1. The van der Waals surface area contributed by atoms with E-state index in [9.17, 15) is 4.79 Å². The van der Waals surface area contributed by atoms with E-state index in [4.69, 9.17) is 0 Å². The molecule has 2 aromatic carbocycles. The Kier molecular flexibility index (Phi) is 5.63. The highest BCUT2D eigenvalue weighted by molar-refractivity contribution is 7.99. The van der Waals surface area contributed by atoms with Gasteiger partial charge in [-0.3, -0.25) is 4.79 Å². The van der Waals surface area contributed by atoms with Crippen molar-refractivity contribution < 1.29 is 4.79 Å². The summed E-state index contributed by atoms with van der Waals surface area (Å²) in [7, 11) is 0. The van der Waals surface area contributed by atoms with E-state index in [0.29, 0.717) is 5.16 Å². The highest BCUT2D eigenvalue weighted by atomic mass is 32.2. The lowest BCUT2D eigenvalue weighted by Gasteiger charge is -2.05. The molecule has 0 bridgehead atoms. The smallest absolute Gasteiger partial charge is 0.250 e. The molecule has 0 aliphatic rings. The molecule has 132 valence electrons. The molecule has 0 fully saturated rings. The standard InChI is InChI=1S/C20H20N4OS/c1-13-10-14(2)22-20(21-13)26-12-19(25)24-23-15(3)17-9-8-16-6-4-5-7-18(16)11-17/h4-11H,12H2,1-3H3,(H,24,25). The summed E-state index contributed by atoms with van der Waals surface area (Å²) in [4.78, 5) is 20.7. The quantitative estimate of drug-likeness (QED) is 0.323. The van der Waals surface area contributed by atoms with E-state index in [-0.39, 0.29) is 11.7 Å². The Morgan fingerprint density at radius 1 is 1.04 bits per heavy atom. The van der Waals surface area contributed by atoms with Gasteiger partial charge in [-0.05, 0) is 49.2 Å². The Morgan fingerprint density at radius 3 is 2.46 bits per heavy atom. The van der Waals surface area contributed by atoms with Gasteiger partial charge in [-0.2, -0.15) is 5.10 Å². The van der Waals surface area contributed by atoms with E-state index in [1.54, 1.807) is 0 Å². The average molecular weight is 364 g/mol. The van der Waals surface area contributed by atoms with E-state index in [0.717, 1.165) is 28.0 Å². The van der Waals surface area contributed by atoms with Gasteiger partial charge >= 0.3 is 0 Å². The Bertz CT molecular complexity index is 964. The number of hydrogen-bond acceptors (Lipinski definition) is 5. The van der Waals surface area contributed by atoms with Crippen LogP contribution in [0.25, 0.3) is 10.8 Å². The summed E-state index contributed by atoms with van der Waals surface area (Å²) in [6, 6.07) is 16.2. The van der Waals surface area contributed by atoms with Crippen molar-refractivity contribution in [3.05, 3.63) is 65.5 Å². The van der Waals surface area contributed by atoms with Crippen molar-refractivity contribution in [2.75, 3.05) is 5.75 Å². The molecule has 6 heteroatoms. The van der Waals surface area contributed by atoms with Crippen LogP contribution in [0.15, 0.2) is 58.8 Å². The van der Waals surface area contributed by atoms with Gasteiger partial charge in [-0.15, -0.1) is 0 Å². The van der Waals surface area contributed by atoms with Crippen molar-refractivity contribution in [1.29, 1.82) is 0 Å². The molecule has 0 saturated heterocycles. The molecular weight excluding hydrogens is 344 g/mol. The summed E-state index contributed by atoms with van der Waals surface area (Å²) < 4.78 is 0. The number of fused-ring (bicyclic) bond motifs is 1. The van der Waals surface area contributed by atoms with Crippen LogP contribution in [-0.2, 0) is 4.79 Å². The lowest BCUT2D eigenvalue weighted by atomic mass is 10.0. The lowest BCUT2D eigenvalue weighted by Crippen LogP contribution is -2.21. The predicted octanol–water partition coefficient (Wildman–Crippen LogP) is 3.88. The highest BCUT2D eigenvalue weighted by Gasteiger charge is 2.06. The number of nitrogens with one attached hydrogen (secondary N) is 1. The van der Waals surface area contributed by atoms with Gasteiger partial charge in [0.15, 0.2) is 5.16 Å². The van der Waals surface area contributed by atoms with E-state index in [1.165, 1.54) is 17.1 Å². The largest absolute Gasteiger partial charge is 0.272 e. The Labute approximate surface area is 156 Å². The number of thioether (sulfide) groups is 1. The highest BCUT2D eigenvalue weighted by Crippen LogP contribution is 2.16. The molecule has 0 spiro atoms. The molecule has 5 nitrogen and oxygen atoms in total. The maximum Gasteiger partial charge on any atom is 0.250 e. The second-order valence-electron chi connectivity index (χ2n) is 6.02. The third kappa shape index (κ3) is 4.67. The molecule has 0 aliphatic carbocycles. The van der Waals surface area contributed by atoms with Crippen molar-refractivity contribution in [2.45, 2.75) is 25.9 Å². The molecule has 1 amide bonds. The molecular formula is C20H20N4OS. The van der Waals surface area contributed by atoms with Gasteiger partial charge in [0.05, 0.1) is 11.5 Å². The molecule has 0 atom stereocenters. The number of hydrazone groups is 1. The van der Waals surface area contributed by atoms with Crippen molar-refractivity contribution in [3.63, 3.8) is 0 Å². The number of benzene rings is 2. The van der Waals surface area contributed by atoms with Crippen LogP contribution in [-0.4, -0.2) is 27.3 Å². The number of nitrogens with zero attached hydrogens (tertiary/aromatic N) is 3. The summed E-state index contributed by atoms with van der Waals surface area (Å²) in [5.74, 6) is 0.0371. The van der Waals surface area contributed by atoms with E-state index >= 15 is 0 Å². The normalized spacial score (nSPS) is 11.6. The van der Waals surface area contributed by atoms with Crippen LogP contribution in [0.5, 0.6) is 0 Å². The molecule has 26 heavy (non-hydrogen) atoms. The average Bonchev–Trinajstić information content (AvgIpc) is 2.63. The maximum atomic E-state index is 12.0. The number of carbonyl (C=O) groups is 1. The number of rotatable bonds is 5. The molecule has 0 aliphatic heterocycles. The summed E-state index contributed by atoms with van der Waals surface area (Å²) >= 11 is 1.30. The molecule has 0 radical (unpaired) electrons. The minimum atomic E-state index is -0.183. The number of hydrogen-bond donors (Lipinski definition) is 1. The van der Waals surface area contributed by atoms with Crippen molar-refractivity contribution in [1.82, 2.24) is 15.4 Å². The fraction of sp³-hybridized carbons (Fsp3) is 0.200. The minimum Gasteiger partial charge on any atom is -0.272 e. The Hall–Kier alpha value is -2.73. The Morgan fingerprint density at radius 2 is 1.73 bits per heavy atom. The first-order valence-corrected chi connectivity index (χ1v) is 9.27. The van der Waals surface area contributed by atoms with Crippen LogP contribution in [0.1, 0.15) is 23.9 Å². The summed E-state index contributed by atoms with van der Waals surface area (Å²) in [6.45, 7) is 5.70. The molecule has 1 aromatic heterocycles. The van der Waals surface area contributed by atoms with Crippen molar-refractivity contribution >= 4 is 34.2 Å². The zero-order chi connectivity index (χ0) is 18.5. The zero-order valence-electron chi connectivity index (χ0n) is 15.0. The van der Waals surface area contributed by atoms with Gasteiger partial charge in [0.2, 0.25) is 0 Å². The fourth-order valence-corrected chi connectivity index (χ4v) is 3.29. The molecule has 1 N–H and O–H groups in total. The van der Waals surface area contributed by atoms with Gasteiger partial charge in [0.25, 0.3) is 5.91 Å². The number of aryl methyl sites for hydroxylation is 2. The van der Waals surface area contributed by atoms with Gasteiger partial charge < -0.3 is 0 Å². The number of carbonyl (C=O) groups excluding carboxylic acids is 1. The second kappa shape index (κ2) is 8.10. The summed E-state index contributed by atoms with van der Waals surface area (Å²) in [6.07, 6.45) is 0.